The van der Waals surface area contributed by atoms with Crippen molar-refractivity contribution in [3.05, 3.63) is 40.3 Å². The van der Waals surface area contributed by atoms with Crippen LogP contribution >= 0.6 is 11.3 Å². The third-order valence-electron chi connectivity index (χ3n) is 3.11. The minimum atomic E-state index is -0.246. The fourth-order valence-electron chi connectivity index (χ4n) is 2.04. The first kappa shape index (κ1) is 18.1. The molecular weight excluding hydrogens is 326 g/mol. The predicted octanol–water partition coefficient (Wildman–Crippen LogP) is 3.03. The van der Waals surface area contributed by atoms with Gasteiger partial charge in [-0.25, -0.2) is 4.98 Å². The van der Waals surface area contributed by atoms with Crippen LogP contribution in [0.5, 0.6) is 0 Å². The molecule has 0 bridgehead atoms. The van der Waals surface area contributed by atoms with Gasteiger partial charge in [-0.15, -0.1) is 11.3 Å². The highest BCUT2D eigenvalue weighted by molar-refractivity contribution is 7.09. The molecule has 2 rings (SSSR count). The lowest BCUT2D eigenvalue weighted by atomic mass is 10.2. The van der Waals surface area contributed by atoms with Gasteiger partial charge in [0.1, 0.15) is 6.61 Å². The lowest BCUT2D eigenvalue weighted by Gasteiger charge is -2.08. The van der Waals surface area contributed by atoms with E-state index in [1.165, 1.54) is 7.11 Å². The molecule has 128 valence electrons. The molecule has 0 aliphatic heterocycles. The summed E-state index contributed by atoms with van der Waals surface area (Å²) in [5.74, 6) is -0.0279. The number of amides is 2. The Labute approximate surface area is 145 Å². The van der Waals surface area contributed by atoms with Crippen molar-refractivity contribution in [2.45, 2.75) is 26.2 Å². The second-order valence-electron chi connectivity index (χ2n) is 5.62. The van der Waals surface area contributed by atoms with E-state index in [1.54, 1.807) is 35.6 Å². The van der Waals surface area contributed by atoms with E-state index < -0.39 is 0 Å². The number of carbonyl (C=O) groups is 2. The van der Waals surface area contributed by atoms with Crippen LogP contribution in [0.2, 0.25) is 0 Å². The van der Waals surface area contributed by atoms with Gasteiger partial charge >= 0.3 is 0 Å². The average Bonchev–Trinajstić information content (AvgIpc) is 2.96. The number of nitrogens with zero attached hydrogens (tertiary/aromatic N) is 1. The van der Waals surface area contributed by atoms with Gasteiger partial charge in [-0.2, -0.15) is 0 Å². The van der Waals surface area contributed by atoms with Gasteiger partial charge in [0.2, 0.25) is 11.8 Å². The van der Waals surface area contributed by atoms with E-state index in [0.717, 1.165) is 10.7 Å². The van der Waals surface area contributed by atoms with Gasteiger partial charge in [-0.1, -0.05) is 19.9 Å². The highest BCUT2D eigenvalue weighted by atomic mass is 32.1. The number of anilines is 2. The van der Waals surface area contributed by atoms with Gasteiger partial charge in [-0.3, -0.25) is 9.59 Å². The van der Waals surface area contributed by atoms with E-state index in [4.69, 9.17) is 4.74 Å². The largest absolute Gasteiger partial charge is 0.375 e. The van der Waals surface area contributed by atoms with Crippen LogP contribution < -0.4 is 10.6 Å². The number of aromatic nitrogens is 1. The summed E-state index contributed by atoms with van der Waals surface area (Å²) < 4.78 is 4.77. The van der Waals surface area contributed by atoms with E-state index in [1.807, 2.05) is 5.38 Å². The van der Waals surface area contributed by atoms with E-state index in [2.05, 4.69) is 29.5 Å². The van der Waals surface area contributed by atoms with Crippen molar-refractivity contribution in [1.29, 1.82) is 0 Å². The Hall–Kier alpha value is -2.25. The maximum Gasteiger partial charge on any atom is 0.250 e. The summed E-state index contributed by atoms with van der Waals surface area (Å²) in [5, 5.41) is 8.46. The Morgan fingerprint density at radius 2 is 1.88 bits per heavy atom. The predicted molar refractivity (Wildman–Crippen MR) is 95.5 cm³/mol. The minimum Gasteiger partial charge on any atom is -0.375 e. The number of nitrogens with one attached hydrogen (secondary N) is 2. The van der Waals surface area contributed by atoms with Gasteiger partial charge < -0.3 is 15.4 Å². The van der Waals surface area contributed by atoms with Crippen LogP contribution in [-0.4, -0.2) is 30.5 Å². The van der Waals surface area contributed by atoms with Crippen LogP contribution in [0.15, 0.2) is 29.6 Å². The fourth-order valence-corrected chi connectivity index (χ4v) is 2.88. The van der Waals surface area contributed by atoms with Gasteiger partial charge in [0.25, 0.3) is 0 Å². The fraction of sp³-hybridized carbons (Fsp3) is 0.353. The molecule has 6 nitrogen and oxygen atoms in total. The molecule has 2 aromatic rings. The molecule has 1 heterocycles. The summed E-state index contributed by atoms with van der Waals surface area (Å²) in [6.07, 6.45) is 0.226. The van der Waals surface area contributed by atoms with Crippen LogP contribution in [0.3, 0.4) is 0 Å². The van der Waals surface area contributed by atoms with Crippen molar-refractivity contribution < 1.29 is 14.3 Å². The molecule has 1 aromatic carbocycles. The Morgan fingerprint density at radius 1 is 1.21 bits per heavy atom. The molecule has 0 radical (unpaired) electrons. The Morgan fingerprint density at radius 3 is 2.46 bits per heavy atom. The molecular formula is C17H21N3O3S. The normalized spacial score (nSPS) is 10.7. The Kier molecular flexibility index (Phi) is 6.45. The first-order valence-electron chi connectivity index (χ1n) is 7.61. The molecule has 0 fully saturated rings. The van der Waals surface area contributed by atoms with Crippen molar-refractivity contribution in [1.82, 2.24) is 4.98 Å². The molecule has 0 aliphatic rings. The smallest absolute Gasteiger partial charge is 0.250 e. The molecule has 0 atom stereocenters. The summed E-state index contributed by atoms with van der Waals surface area (Å²) in [6, 6.07) is 6.98. The van der Waals surface area contributed by atoms with Crippen molar-refractivity contribution in [3.8, 4) is 0 Å². The molecule has 24 heavy (non-hydrogen) atoms. The maximum absolute atomic E-state index is 12.1. The summed E-state index contributed by atoms with van der Waals surface area (Å²) in [4.78, 5) is 28.1. The van der Waals surface area contributed by atoms with Crippen LogP contribution in [-0.2, 0) is 20.7 Å². The number of benzene rings is 1. The van der Waals surface area contributed by atoms with E-state index >= 15 is 0 Å². The van der Waals surface area contributed by atoms with Crippen molar-refractivity contribution in [2.75, 3.05) is 24.4 Å². The van der Waals surface area contributed by atoms with Crippen molar-refractivity contribution >= 4 is 34.5 Å². The first-order chi connectivity index (χ1) is 11.5. The molecule has 2 amide bonds. The van der Waals surface area contributed by atoms with Gasteiger partial charge in [0, 0.05) is 29.8 Å². The summed E-state index contributed by atoms with van der Waals surface area (Å²) in [6.45, 7) is 4.14. The minimum absolute atomic E-state index is 0.0153. The number of rotatable bonds is 7. The molecule has 0 unspecified atom stereocenters. The van der Waals surface area contributed by atoms with E-state index in [9.17, 15) is 9.59 Å². The van der Waals surface area contributed by atoms with Gasteiger partial charge in [0.05, 0.1) is 17.1 Å². The average molecular weight is 347 g/mol. The Bertz CT molecular complexity index is 713. The number of thiazole rings is 1. The summed E-state index contributed by atoms with van der Waals surface area (Å²) in [7, 11) is 1.46. The van der Waals surface area contributed by atoms with Crippen LogP contribution in [0.1, 0.15) is 30.5 Å². The molecule has 0 spiro atoms. The molecule has 2 N–H and O–H groups in total. The molecule has 1 aromatic heterocycles. The highest BCUT2D eigenvalue weighted by Gasteiger charge is 2.10. The van der Waals surface area contributed by atoms with Gasteiger partial charge in [-0.05, 0) is 18.2 Å². The number of methoxy groups -OCH3 is 1. The summed E-state index contributed by atoms with van der Waals surface area (Å²) >= 11 is 1.57. The van der Waals surface area contributed by atoms with E-state index in [-0.39, 0.29) is 24.8 Å². The summed E-state index contributed by atoms with van der Waals surface area (Å²) in [5.41, 5.74) is 1.99. The van der Waals surface area contributed by atoms with Gasteiger partial charge in [0.15, 0.2) is 0 Å². The van der Waals surface area contributed by atoms with Crippen molar-refractivity contribution in [2.24, 2.45) is 0 Å². The topological polar surface area (TPSA) is 80.3 Å². The number of hydrogen-bond acceptors (Lipinski definition) is 5. The van der Waals surface area contributed by atoms with E-state index in [0.29, 0.717) is 17.3 Å². The quantitative estimate of drug-likeness (QED) is 0.807. The zero-order valence-electron chi connectivity index (χ0n) is 14.0. The van der Waals surface area contributed by atoms with Crippen LogP contribution in [0.4, 0.5) is 11.4 Å². The zero-order valence-corrected chi connectivity index (χ0v) is 14.8. The first-order valence-corrected chi connectivity index (χ1v) is 8.49. The third kappa shape index (κ3) is 5.43. The lowest BCUT2D eigenvalue weighted by molar-refractivity contribution is -0.119. The molecule has 0 aliphatic carbocycles. The molecule has 0 saturated heterocycles. The van der Waals surface area contributed by atoms with Crippen molar-refractivity contribution in [3.63, 3.8) is 0 Å². The second-order valence-corrected chi connectivity index (χ2v) is 6.51. The highest BCUT2D eigenvalue weighted by Crippen LogP contribution is 2.20. The Balaban J connectivity index is 1.94. The monoisotopic (exact) mass is 347 g/mol. The number of carbonyl (C=O) groups excluding carboxylic acids is 2. The maximum atomic E-state index is 12.1. The third-order valence-corrected chi connectivity index (χ3v) is 4.30. The standard InChI is InChI=1S/C17H21N3O3S/c1-11(2)17-20-14(10-24-17)8-15(21)18-12-5-4-6-13(7-12)19-16(22)9-23-3/h4-7,10-11H,8-9H2,1-3H3,(H,18,21)(H,19,22). The number of ether oxygens (including phenoxy) is 1. The SMILES string of the molecule is COCC(=O)Nc1cccc(NC(=O)Cc2csc(C(C)C)n2)c1. The molecule has 7 heteroatoms. The second kappa shape index (κ2) is 8.56. The number of hydrogen-bond donors (Lipinski definition) is 2. The van der Waals surface area contributed by atoms with Crippen LogP contribution in [0, 0.1) is 0 Å². The zero-order chi connectivity index (χ0) is 17.5. The molecule has 0 saturated carbocycles. The van der Waals surface area contributed by atoms with Crippen LogP contribution in [0.25, 0.3) is 0 Å². The lowest BCUT2D eigenvalue weighted by Crippen LogP contribution is -2.18.